The monoisotopic (exact) mass is 480 g/mol. The van der Waals surface area contributed by atoms with Crippen LogP contribution in [0.5, 0.6) is 17.2 Å². The predicted molar refractivity (Wildman–Crippen MR) is 131 cm³/mol. The first-order valence-electron chi connectivity index (χ1n) is 10.9. The Balaban J connectivity index is 2.09. The first-order chi connectivity index (χ1) is 14.8. The zero-order valence-corrected chi connectivity index (χ0v) is 21.2. The van der Waals surface area contributed by atoms with Crippen LogP contribution in [0.15, 0.2) is 72.8 Å². The Kier molecular flexibility index (Phi) is 8.09. The van der Waals surface area contributed by atoms with E-state index in [1.165, 1.54) is 13.1 Å². The van der Waals surface area contributed by atoms with Crippen LogP contribution in [0.4, 0.5) is 0 Å². The van der Waals surface area contributed by atoms with E-state index in [1.807, 2.05) is 18.2 Å². The fourth-order valence-corrected chi connectivity index (χ4v) is 8.32. The molecule has 0 spiro atoms. The number of benzene rings is 3. The Hall–Kier alpha value is -2.38. The van der Waals surface area contributed by atoms with Crippen LogP contribution in [-0.4, -0.2) is 33.0 Å². The molecule has 4 heteroatoms. The second-order valence-electron chi connectivity index (χ2n) is 8.33. The molecule has 0 fully saturated rings. The molecule has 0 amide bonds. The summed E-state index contributed by atoms with van der Waals surface area (Å²) >= 11 is -1.86. The van der Waals surface area contributed by atoms with Crippen LogP contribution in [0, 0.1) is 0 Å². The van der Waals surface area contributed by atoms with Crippen LogP contribution in [0.2, 0.25) is 0 Å². The minimum atomic E-state index is -1.86. The van der Waals surface area contributed by atoms with E-state index in [0.29, 0.717) is 0 Å². The van der Waals surface area contributed by atoms with Crippen LogP contribution >= 0.6 is 0 Å². The quantitative estimate of drug-likeness (QED) is 0.420. The van der Waals surface area contributed by atoms with E-state index in [2.05, 4.69) is 96.1 Å². The van der Waals surface area contributed by atoms with Gasteiger partial charge in [-0.25, -0.2) is 0 Å². The van der Waals surface area contributed by atoms with Crippen molar-refractivity contribution in [3.63, 3.8) is 0 Å². The molecule has 0 aliphatic heterocycles. The summed E-state index contributed by atoms with van der Waals surface area (Å²) in [6, 6.07) is 25.7. The van der Waals surface area contributed by atoms with E-state index in [4.69, 9.17) is 14.2 Å². The second kappa shape index (κ2) is 10.8. The summed E-state index contributed by atoms with van der Waals surface area (Å²) in [5, 5.41) is 0. The molecule has 0 aliphatic rings. The van der Waals surface area contributed by atoms with Crippen molar-refractivity contribution in [3.05, 3.63) is 72.8 Å². The summed E-state index contributed by atoms with van der Waals surface area (Å²) in [6.07, 6.45) is 0.421. The Morgan fingerprint density at radius 2 is 0.774 bits per heavy atom. The van der Waals surface area contributed by atoms with Crippen LogP contribution in [0.3, 0.4) is 0 Å². The van der Waals surface area contributed by atoms with Gasteiger partial charge in [-0.1, -0.05) is 0 Å². The van der Waals surface area contributed by atoms with Crippen molar-refractivity contribution in [1.82, 2.24) is 0 Å². The van der Waals surface area contributed by atoms with E-state index in [1.54, 1.807) is 0 Å². The van der Waals surface area contributed by atoms with Crippen molar-refractivity contribution < 1.29 is 14.2 Å². The summed E-state index contributed by atoms with van der Waals surface area (Å²) in [4.78, 5) is 0. The Bertz CT molecular complexity index is 854. The van der Waals surface area contributed by atoms with Crippen molar-refractivity contribution in [2.75, 3.05) is 0 Å². The Morgan fingerprint density at radius 3 is 1.03 bits per heavy atom. The Labute approximate surface area is 191 Å². The molecular formula is C27H33AsO3. The first kappa shape index (κ1) is 23.3. The molecule has 0 atom stereocenters. The van der Waals surface area contributed by atoms with Gasteiger partial charge in [-0.2, -0.15) is 0 Å². The molecule has 3 aromatic rings. The van der Waals surface area contributed by atoms with Crippen molar-refractivity contribution in [3.8, 4) is 17.2 Å². The summed E-state index contributed by atoms with van der Waals surface area (Å²) in [5.74, 6) is 2.74. The molecule has 0 radical (unpaired) electrons. The molecule has 3 nitrogen and oxygen atoms in total. The van der Waals surface area contributed by atoms with Gasteiger partial charge < -0.3 is 0 Å². The molecule has 0 saturated heterocycles. The fraction of sp³-hybridized carbons (Fsp3) is 0.333. The molecule has 0 saturated carbocycles. The third kappa shape index (κ3) is 6.80. The molecule has 0 N–H and O–H groups in total. The van der Waals surface area contributed by atoms with E-state index in [0.717, 1.165) is 17.2 Å². The van der Waals surface area contributed by atoms with Gasteiger partial charge in [0.2, 0.25) is 0 Å². The summed E-state index contributed by atoms with van der Waals surface area (Å²) in [6.45, 7) is 12.3. The third-order valence-corrected chi connectivity index (χ3v) is 9.34. The Morgan fingerprint density at radius 1 is 0.484 bits per heavy atom. The molecule has 31 heavy (non-hydrogen) atoms. The normalized spacial score (nSPS) is 11.4. The molecule has 164 valence electrons. The average Bonchev–Trinajstić information content (AvgIpc) is 2.68. The van der Waals surface area contributed by atoms with Gasteiger partial charge in [0.25, 0.3) is 0 Å². The molecule has 0 unspecified atom stereocenters. The summed E-state index contributed by atoms with van der Waals surface area (Å²) < 4.78 is 22.0. The molecule has 0 heterocycles. The molecule has 0 bridgehead atoms. The van der Waals surface area contributed by atoms with Crippen molar-refractivity contribution in [2.24, 2.45) is 0 Å². The average molecular weight is 480 g/mol. The zero-order valence-electron chi connectivity index (χ0n) is 19.3. The van der Waals surface area contributed by atoms with Crippen LogP contribution in [0.25, 0.3) is 0 Å². The van der Waals surface area contributed by atoms with Crippen LogP contribution in [-0.2, 0) is 0 Å². The topological polar surface area (TPSA) is 27.7 Å². The minimum absolute atomic E-state index is 0.140. The molecule has 3 rings (SSSR count). The van der Waals surface area contributed by atoms with Gasteiger partial charge in [0.05, 0.1) is 0 Å². The predicted octanol–water partition coefficient (Wildman–Crippen LogP) is 4.56. The number of rotatable bonds is 9. The van der Waals surface area contributed by atoms with Gasteiger partial charge in [0.15, 0.2) is 0 Å². The zero-order chi connectivity index (χ0) is 22.4. The van der Waals surface area contributed by atoms with E-state index in [-0.39, 0.29) is 18.3 Å². The van der Waals surface area contributed by atoms with E-state index < -0.39 is 14.7 Å². The van der Waals surface area contributed by atoms with Crippen LogP contribution in [0.1, 0.15) is 41.5 Å². The molecule has 0 aliphatic carbocycles. The first-order valence-corrected chi connectivity index (χ1v) is 13.7. The van der Waals surface area contributed by atoms with Crippen molar-refractivity contribution in [2.45, 2.75) is 59.9 Å². The number of hydrogen-bond acceptors (Lipinski definition) is 3. The number of hydrogen-bond donors (Lipinski definition) is 0. The molecule has 0 aromatic heterocycles. The van der Waals surface area contributed by atoms with Gasteiger partial charge >= 0.3 is 192 Å². The van der Waals surface area contributed by atoms with Gasteiger partial charge in [0.1, 0.15) is 0 Å². The number of ether oxygens (including phenoxy) is 3. The summed E-state index contributed by atoms with van der Waals surface area (Å²) in [5.41, 5.74) is 0. The molecular weight excluding hydrogens is 447 g/mol. The maximum atomic E-state index is 6.00. The van der Waals surface area contributed by atoms with Crippen molar-refractivity contribution >= 4 is 27.7 Å². The standard InChI is InChI=1S/C27H33AsO3/c1-19(2)29-25-13-7-10-22(16-25)28(23-11-8-14-26(17-23)30-20(3)4)24-12-9-15-27(18-24)31-21(5)6/h7-21H,1-6H3. The van der Waals surface area contributed by atoms with E-state index >= 15 is 0 Å². The van der Waals surface area contributed by atoms with Crippen molar-refractivity contribution in [1.29, 1.82) is 0 Å². The van der Waals surface area contributed by atoms with Crippen LogP contribution < -0.4 is 27.3 Å². The maximum absolute atomic E-state index is 6.00. The van der Waals surface area contributed by atoms with E-state index in [9.17, 15) is 0 Å². The fourth-order valence-electron chi connectivity index (χ4n) is 3.35. The van der Waals surface area contributed by atoms with Gasteiger partial charge in [-0.05, 0) is 0 Å². The second-order valence-corrected chi connectivity index (χ2v) is 13.0. The van der Waals surface area contributed by atoms with Gasteiger partial charge in [-0.3, -0.25) is 0 Å². The van der Waals surface area contributed by atoms with Gasteiger partial charge in [0, 0.05) is 0 Å². The third-order valence-electron chi connectivity index (χ3n) is 4.34. The van der Waals surface area contributed by atoms with Gasteiger partial charge in [-0.15, -0.1) is 0 Å². The SMILES string of the molecule is CC(C)Oc1cccc([As](c2cccc(OC(C)C)c2)c2cccc(OC(C)C)c2)c1. The molecule has 3 aromatic carbocycles. The summed E-state index contributed by atoms with van der Waals surface area (Å²) in [7, 11) is 0.